The molecule has 3 heterocycles. The van der Waals surface area contributed by atoms with Crippen LogP contribution in [0.3, 0.4) is 0 Å². The van der Waals surface area contributed by atoms with E-state index in [9.17, 15) is 43.9 Å². The van der Waals surface area contributed by atoms with Crippen LogP contribution in [0.2, 0.25) is 0 Å². The Morgan fingerprint density at radius 2 is 0.349 bits per heavy atom. The van der Waals surface area contributed by atoms with Crippen LogP contribution < -0.4 is 0 Å². The van der Waals surface area contributed by atoms with E-state index in [-0.39, 0.29) is 0 Å². The molecular formula is C146H88O3. The van der Waals surface area contributed by atoms with Gasteiger partial charge >= 0.3 is 0 Å². The van der Waals surface area contributed by atoms with Crippen LogP contribution in [0.15, 0.2) is 545 Å². The van der Waals surface area contributed by atoms with Crippen LogP contribution >= 0.6 is 0 Å². The largest absolute Gasteiger partial charge is 0.455 e. The summed E-state index contributed by atoms with van der Waals surface area (Å²) in [4.78, 5) is 0. The normalized spacial score (nSPS) is 20.2. The Kier molecular flexibility index (Phi) is 8.17. The Morgan fingerprint density at radius 1 is 0.114 bits per heavy atom. The fraction of sp³-hybridized carbons (Fsp3) is 0. The molecule has 149 heavy (non-hydrogen) atoms. The highest BCUT2D eigenvalue weighted by atomic mass is 16.3. The smallest absolute Gasteiger partial charge is 0.143 e. The van der Waals surface area contributed by atoms with Gasteiger partial charge in [0.25, 0.3) is 0 Å². The molecule has 3 nitrogen and oxygen atoms in total. The van der Waals surface area contributed by atoms with Gasteiger partial charge in [0.05, 0.1) is 121 Å². The van der Waals surface area contributed by atoms with Gasteiger partial charge in [0.15, 0.2) is 0 Å². The van der Waals surface area contributed by atoms with Crippen molar-refractivity contribution < 1.29 is 134 Å². The zero-order valence-corrected chi connectivity index (χ0v) is 74.2. The van der Waals surface area contributed by atoms with E-state index in [1.807, 2.05) is 0 Å². The van der Waals surface area contributed by atoms with Crippen LogP contribution in [-0.4, -0.2) is 0 Å². The van der Waals surface area contributed by atoms with Crippen molar-refractivity contribution in [1.29, 1.82) is 0 Å². The summed E-state index contributed by atoms with van der Waals surface area (Å²) in [5, 5.41) is -21.1. The lowest BCUT2D eigenvalue weighted by Crippen LogP contribution is -1.91. The second kappa shape index (κ2) is 34.6. The summed E-state index contributed by atoms with van der Waals surface area (Å²) >= 11 is 0. The molecule has 0 bridgehead atoms. The van der Waals surface area contributed by atoms with Gasteiger partial charge in [-0.3, -0.25) is 0 Å². The molecule has 0 aliphatic rings. The van der Waals surface area contributed by atoms with Crippen molar-refractivity contribution in [3.05, 3.63) is 532 Å². The Balaban J connectivity index is 0.000000145. The molecule has 0 aliphatic heterocycles. The second-order valence-corrected chi connectivity index (χ2v) is 32.8. The maximum Gasteiger partial charge on any atom is 0.143 e. The van der Waals surface area contributed by atoms with E-state index in [4.69, 9.17) is 90.0 Å². The third kappa shape index (κ3) is 13.7. The maximum atomic E-state index is 9.89. The van der Waals surface area contributed by atoms with Gasteiger partial charge < -0.3 is 13.3 Å². The van der Waals surface area contributed by atoms with Gasteiger partial charge in [0, 0.05) is 48.5 Å². The highest BCUT2D eigenvalue weighted by molar-refractivity contribution is 6.32. The lowest BCUT2D eigenvalue weighted by atomic mass is 9.84. The fourth-order valence-corrected chi connectivity index (χ4v) is 18.7. The molecular weight excluding hydrogens is 1800 g/mol. The second-order valence-electron chi connectivity index (χ2n) is 32.8. The third-order valence-electron chi connectivity index (χ3n) is 25.0. The number of hydrogen-bond acceptors (Lipinski definition) is 3. The Hall–Kier alpha value is -19.6. The predicted molar refractivity (Wildman–Crippen MR) is 635 cm³/mol. The van der Waals surface area contributed by atoms with Crippen LogP contribution in [0.25, 0.3) is 317 Å². The standard InChI is InChI=1S/2C50H30O.C46H28O/c1-3-13-35-31(11-1)27-29-39-36(19-9-20-38(35)39)33-23-25-34(26-24-33)47-40-15-5-7-17-42(40)48(43-18-8-6-16-41(43)47)44-21-10-22-46-49(44)45-30-28-32-12-2-4-14-37(32)50(45)51-46;1-3-12-37-32(10-1)22-25-36-30-35(27-28-38(36)37)31-20-23-34(24-21-31)47-40-14-5-7-16-42(40)48(43-17-8-6-15-41(43)47)44-18-9-19-46-49(44)45-29-26-33-11-2-4-13-39(33)50(45)51-46;1-3-17-33-29(12-1)14-10-23-34(33)31-15-9-16-32(28-31)43-36-19-5-7-21-38(36)44(39-22-8-6-20-37(39)43)40-24-11-25-42-45(40)41-27-26-30-13-2-4-18-35(30)46(41)47-42/h2*1-30H;1-28H/i2*1D,2D,3D,4D,5D,6D,7D,8D,9D,10D,11D,12D,13D,14D,15D,16D,17D,18D,19D,20D,21D,22D,23D,24D,25D,26D,27D,28D,29D,30D;1D,2D,3D,4D,5D,6D,7D,8D,9D,10D,11D,12D,13D,14D,15D,16D,17D,18D,19D,20D,21D,22D,23D,24D,25D,26D,27D,28D. The van der Waals surface area contributed by atoms with Gasteiger partial charge in [0.2, 0.25) is 0 Å². The van der Waals surface area contributed by atoms with E-state index < -0.39 is 849 Å². The lowest BCUT2D eigenvalue weighted by Gasteiger charge is -2.19. The first-order valence-electron chi connectivity index (χ1n) is 88.2. The van der Waals surface area contributed by atoms with Crippen LogP contribution in [0.1, 0.15) is 121 Å². The first-order valence-corrected chi connectivity index (χ1v) is 44.2. The number of hydrogen-bond donors (Lipinski definition) is 0. The third-order valence-corrected chi connectivity index (χ3v) is 25.0. The molecule has 32 rings (SSSR count). The van der Waals surface area contributed by atoms with E-state index in [2.05, 4.69) is 0 Å². The zero-order valence-electron chi connectivity index (χ0n) is 162. The molecule has 0 saturated heterocycles. The molecule has 0 spiro atoms. The molecule has 0 unspecified atom stereocenters. The maximum absolute atomic E-state index is 9.89. The van der Waals surface area contributed by atoms with Crippen molar-refractivity contribution in [2.75, 3.05) is 0 Å². The quantitative estimate of drug-likeness (QED) is 0.107. The van der Waals surface area contributed by atoms with Gasteiger partial charge in [-0.25, -0.2) is 0 Å². The highest BCUT2D eigenvalue weighted by Crippen LogP contribution is 2.54. The average Bonchev–Trinajstić information content (AvgIpc) is 1.63. The molecule has 0 amide bonds. The van der Waals surface area contributed by atoms with Crippen molar-refractivity contribution in [2.24, 2.45) is 0 Å². The van der Waals surface area contributed by atoms with Crippen LogP contribution in [0, 0.1) is 0 Å². The van der Waals surface area contributed by atoms with Crippen molar-refractivity contribution in [1.82, 2.24) is 0 Å². The molecule has 690 valence electrons. The molecule has 0 N–H and O–H groups in total. The van der Waals surface area contributed by atoms with E-state index in [1.165, 1.54) is 0 Å². The molecule has 0 aliphatic carbocycles. The molecule has 0 fully saturated rings. The molecule has 0 saturated carbocycles. The van der Waals surface area contributed by atoms with Gasteiger partial charge in [-0.15, -0.1) is 0 Å². The van der Waals surface area contributed by atoms with Crippen molar-refractivity contribution >= 4 is 217 Å². The number of fused-ring (bicyclic) bond motifs is 28. The van der Waals surface area contributed by atoms with Gasteiger partial charge in [0.1, 0.15) is 33.5 Å². The summed E-state index contributed by atoms with van der Waals surface area (Å²) in [7, 11) is 0. The molecule has 0 radical (unpaired) electrons. The van der Waals surface area contributed by atoms with Gasteiger partial charge in [-0.2, -0.15) is 0 Å². The number of furan rings is 3. The van der Waals surface area contributed by atoms with Gasteiger partial charge in [-0.1, -0.05) is 483 Å². The first-order chi connectivity index (χ1) is 111. The van der Waals surface area contributed by atoms with E-state index in [1.54, 1.807) is 0 Å². The Labute approximate surface area is 981 Å². The van der Waals surface area contributed by atoms with Crippen LogP contribution in [0.4, 0.5) is 0 Å². The minimum Gasteiger partial charge on any atom is -0.455 e. The fourth-order valence-electron chi connectivity index (χ4n) is 18.7. The predicted octanol–water partition coefficient (Wildman–Crippen LogP) is 41.9. The minimum absolute atomic E-state index is 0.467. The van der Waals surface area contributed by atoms with E-state index >= 15 is 0 Å². The minimum atomic E-state index is -1.15. The molecule has 32 aromatic rings. The van der Waals surface area contributed by atoms with Crippen molar-refractivity contribution in [2.45, 2.75) is 0 Å². The zero-order chi connectivity index (χ0) is 174. The summed E-state index contributed by atoms with van der Waals surface area (Å²) in [6.07, 6.45) is 0. The van der Waals surface area contributed by atoms with Crippen molar-refractivity contribution in [3.63, 3.8) is 0 Å². The lowest BCUT2D eigenvalue weighted by molar-refractivity contribution is 0.672. The summed E-state index contributed by atoms with van der Waals surface area (Å²) < 4.78 is 815. The number of rotatable bonds is 9. The summed E-state index contributed by atoms with van der Waals surface area (Å²) in [6, 6.07) is -82.4. The topological polar surface area (TPSA) is 39.4 Å². The molecule has 3 heteroatoms. The Morgan fingerprint density at radius 3 is 0.752 bits per heavy atom. The SMILES string of the molecule is [2H]c1c([2H])c(-c2c([2H])c([2H])c([2H])c3c([2H])c([2H])c([2H])c([2H])c23)c([2H])c(-c2c3c([2H])c([2H])c([2H])c([2H])c3c(-c3c([2H])c([2H])c([2H])c4oc5c6c([2H])c([2H])c([2H])c([2H])c6c([2H])c([2H])c5c34)c3c([2H])c([2H])c([2H])c([2H])c23)c1[2H].[2H]c1c([2H])c(-c2c([2H])c([2H])c([2H])c3c2c([2H])c([2H])c2c([2H])c([2H])c([2H])c([2H])c23)c([2H])c([2H])c1-c1c2c([2H])c([2H])c([2H])c([2H])c2c(-c2c([2H])c([2H])c([2H])c3oc4c5c([2H])c([2H])c([2H])c([2H])c5c([2H])c([2H])c4c23)c2c([2H])c([2H])c([2H])c([2H])c12.[2H]c1c([2H])c(-c2c3c([2H])c([2H])c([2H])c([2H])c3c(-c3c([2H])c([2H])c([2H])c4oc5c6c([2H])c([2H])c([2H])c([2H])c6c([2H])c([2H])c5c34)c3c([2H])c([2H])c([2H])c([2H])c23)c([2H])c([2H])c1-c1c([2H])c([2H])c2c(c1[2H])c([2H])c([2H])c1c([2H])c([2H])c([2H])c([2H])c12. The molecule has 0 atom stereocenters. The van der Waals surface area contributed by atoms with E-state index in [0.29, 0.717) is 0 Å². The van der Waals surface area contributed by atoms with Gasteiger partial charge in [-0.05, 0) is 283 Å². The molecule has 29 aromatic carbocycles. The van der Waals surface area contributed by atoms with E-state index in [0.717, 1.165) is 0 Å². The molecule has 3 aromatic heterocycles. The summed E-state index contributed by atoms with van der Waals surface area (Å²) in [5.74, 6) is 0. The summed E-state index contributed by atoms with van der Waals surface area (Å²) in [5.41, 5.74) is -18.0. The van der Waals surface area contributed by atoms with Crippen molar-refractivity contribution in [3.8, 4) is 100 Å². The van der Waals surface area contributed by atoms with Crippen LogP contribution in [-0.2, 0) is 0 Å². The number of benzene rings is 29. The average molecular weight is 1980 g/mol. The Bertz CT molecular complexity index is 16800. The highest BCUT2D eigenvalue weighted by Gasteiger charge is 2.28. The summed E-state index contributed by atoms with van der Waals surface area (Å²) in [6.45, 7) is 0. The van der Waals surface area contributed by atoms with Crippen LogP contribution in [0.5, 0.6) is 0 Å². The first kappa shape index (κ1) is 35.1. The monoisotopic (exact) mass is 1980 g/mol.